The predicted molar refractivity (Wildman–Crippen MR) is 100 cm³/mol. The largest absolute Gasteiger partial charge is 0.340 e. The molecule has 134 valence electrons. The van der Waals surface area contributed by atoms with Crippen LogP contribution >= 0.6 is 12.4 Å². The SMILES string of the molecule is CC(C)(C(=O)N1C[C@@H](N)[C@H](c2ccccc2)C1)c1ccccc1F.Cl. The molecule has 3 rings (SSSR count). The Labute approximate surface area is 154 Å². The number of carbonyl (C=O) groups is 1. The minimum Gasteiger partial charge on any atom is -0.340 e. The summed E-state index contributed by atoms with van der Waals surface area (Å²) in [6.45, 7) is 4.61. The number of carbonyl (C=O) groups excluding carboxylic acids is 1. The topological polar surface area (TPSA) is 46.3 Å². The minimum absolute atomic E-state index is 0. The number of nitrogens with two attached hydrogens (primary N) is 1. The van der Waals surface area contributed by atoms with Gasteiger partial charge in [-0.25, -0.2) is 4.39 Å². The van der Waals surface area contributed by atoms with Crippen molar-refractivity contribution in [3.8, 4) is 0 Å². The fraction of sp³-hybridized carbons (Fsp3) is 0.350. The average molecular weight is 363 g/mol. The van der Waals surface area contributed by atoms with Crippen LogP contribution in [0.5, 0.6) is 0 Å². The normalized spacial score (nSPS) is 20.2. The fourth-order valence-electron chi connectivity index (χ4n) is 3.53. The van der Waals surface area contributed by atoms with Gasteiger partial charge in [-0.2, -0.15) is 0 Å². The molecule has 0 bridgehead atoms. The molecule has 0 unspecified atom stereocenters. The molecule has 0 aliphatic carbocycles. The molecular weight excluding hydrogens is 339 g/mol. The molecule has 2 atom stereocenters. The van der Waals surface area contributed by atoms with Crippen LogP contribution in [0.15, 0.2) is 54.6 Å². The van der Waals surface area contributed by atoms with Gasteiger partial charge >= 0.3 is 0 Å². The van der Waals surface area contributed by atoms with Crippen molar-refractivity contribution in [2.75, 3.05) is 13.1 Å². The molecule has 5 heteroatoms. The Morgan fingerprint density at radius 2 is 1.68 bits per heavy atom. The number of likely N-dealkylation sites (tertiary alicyclic amines) is 1. The number of nitrogens with zero attached hydrogens (tertiary/aromatic N) is 1. The van der Waals surface area contributed by atoms with Gasteiger partial charge in [0.2, 0.25) is 5.91 Å². The van der Waals surface area contributed by atoms with E-state index in [0.717, 1.165) is 5.56 Å². The highest BCUT2D eigenvalue weighted by Crippen LogP contribution is 2.32. The average Bonchev–Trinajstić information content (AvgIpc) is 2.97. The number of hydrogen-bond acceptors (Lipinski definition) is 2. The highest BCUT2D eigenvalue weighted by Gasteiger charge is 2.41. The molecule has 1 heterocycles. The van der Waals surface area contributed by atoms with Gasteiger partial charge in [-0.05, 0) is 25.5 Å². The third-order valence-corrected chi connectivity index (χ3v) is 4.96. The summed E-state index contributed by atoms with van der Waals surface area (Å²) in [7, 11) is 0. The van der Waals surface area contributed by atoms with Crippen LogP contribution in [0.4, 0.5) is 4.39 Å². The van der Waals surface area contributed by atoms with Crippen LogP contribution in [0.1, 0.15) is 30.9 Å². The van der Waals surface area contributed by atoms with E-state index in [2.05, 4.69) is 0 Å². The van der Waals surface area contributed by atoms with Gasteiger partial charge in [-0.1, -0.05) is 48.5 Å². The lowest BCUT2D eigenvalue weighted by atomic mass is 9.83. The molecule has 1 saturated heterocycles. The number of rotatable bonds is 3. The Bertz CT molecular complexity index is 735. The first-order valence-corrected chi connectivity index (χ1v) is 8.26. The molecule has 0 saturated carbocycles. The van der Waals surface area contributed by atoms with Gasteiger partial charge in [0.1, 0.15) is 5.82 Å². The van der Waals surface area contributed by atoms with Crippen molar-refractivity contribution in [1.82, 2.24) is 4.90 Å². The van der Waals surface area contributed by atoms with Crippen molar-refractivity contribution in [3.63, 3.8) is 0 Å². The molecule has 0 spiro atoms. The van der Waals surface area contributed by atoms with Gasteiger partial charge in [0.15, 0.2) is 0 Å². The lowest BCUT2D eigenvalue weighted by Gasteiger charge is -2.30. The third kappa shape index (κ3) is 3.70. The van der Waals surface area contributed by atoms with E-state index in [1.165, 1.54) is 6.07 Å². The molecule has 1 fully saturated rings. The minimum atomic E-state index is -0.920. The summed E-state index contributed by atoms with van der Waals surface area (Å²) in [5.41, 5.74) is 6.93. The highest BCUT2D eigenvalue weighted by molar-refractivity contribution is 5.88. The van der Waals surface area contributed by atoms with Gasteiger partial charge in [0.25, 0.3) is 0 Å². The molecule has 3 nitrogen and oxygen atoms in total. The van der Waals surface area contributed by atoms with Crippen LogP contribution < -0.4 is 5.73 Å². The van der Waals surface area contributed by atoms with Crippen molar-refractivity contribution in [3.05, 3.63) is 71.5 Å². The molecule has 2 N–H and O–H groups in total. The predicted octanol–water partition coefficient (Wildman–Crippen LogP) is 3.48. The zero-order valence-electron chi connectivity index (χ0n) is 14.5. The number of benzene rings is 2. The van der Waals surface area contributed by atoms with Crippen molar-refractivity contribution in [1.29, 1.82) is 0 Å². The van der Waals surface area contributed by atoms with Crippen LogP contribution in [0, 0.1) is 5.82 Å². The van der Waals surface area contributed by atoms with Gasteiger partial charge in [-0.15, -0.1) is 12.4 Å². The zero-order valence-corrected chi connectivity index (χ0v) is 15.3. The second-order valence-electron chi connectivity index (χ2n) is 7.00. The molecule has 25 heavy (non-hydrogen) atoms. The van der Waals surface area contributed by atoms with E-state index in [4.69, 9.17) is 5.73 Å². The Morgan fingerprint density at radius 3 is 2.32 bits per heavy atom. The van der Waals surface area contributed by atoms with E-state index >= 15 is 0 Å². The molecule has 0 radical (unpaired) electrons. The van der Waals surface area contributed by atoms with Gasteiger partial charge in [0, 0.05) is 30.6 Å². The second-order valence-corrected chi connectivity index (χ2v) is 7.00. The van der Waals surface area contributed by atoms with E-state index in [9.17, 15) is 9.18 Å². The Balaban J connectivity index is 0.00000225. The van der Waals surface area contributed by atoms with Crippen molar-refractivity contribution >= 4 is 18.3 Å². The molecule has 1 amide bonds. The maximum Gasteiger partial charge on any atom is 0.232 e. The second kappa shape index (κ2) is 7.54. The van der Waals surface area contributed by atoms with Crippen LogP contribution in [0.3, 0.4) is 0 Å². The first kappa shape index (κ1) is 19.4. The standard InChI is InChI=1S/C20H23FN2O.ClH/c1-20(2,16-10-6-7-11-17(16)21)19(24)23-12-15(18(22)13-23)14-8-4-3-5-9-14;/h3-11,15,18H,12-13,22H2,1-2H3;1H/t15-,18+;/m0./s1. The van der Waals surface area contributed by atoms with Crippen LogP contribution in [0.25, 0.3) is 0 Å². The summed E-state index contributed by atoms with van der Waals surface area (Å²) >= 11 is 0. The lowest BCUT2D eigenvalue weighted by Crippen LogP contribution is -2.43. The van der Waals surface area contributed by atoms with E-state index < -0.39 is 5.41 Å². The quantitative estimate of drug-likeness (QED) is 0.908. The fourth-order valence-corrected chi connectivity index (χ4v) is 3.53. The molecule has 1 aliphatic heterocycles. The van der Waals surface area contributed by atoms with E-state index in [0.29, 0.717) is 18.7 Å². The lowest BCUT2D eigenvalue weighted by molar-refractivity contribution is -0.135. The van der Waals surface area contributed by atoms with E-state index in [-0.39, 0.29) is 36.1 Å². The Hall–Kier alpha value is -1.91. The van der Waals surface area contributed by atoms with E-state index in [1.807, 2.05) is 30.3 Å². The highest BCUT2D eigenvalue weighted by atomic mass is 35.5. The smallest absolute Gasteiger partial charge is 0.232 e. The Kier molecular flexibility index (Phi) is 5.86. The third-order valence-electron chi connectivity index (χ3n) is 4.96. The van der Waals surface area contributed by atoms with Crippen LogP contribution in [0.2, 0.25) is 0 Å². The number of halogens is 2. The Morgan fingerprint density at radius 1 is 1.08 bits per heavy atom. The summed E-state index contributed by atoms with van der Waals surface area (Å²) in [5.74, 6) is -0.313. The van der Waals surface area contributed by atoms with Gasteiger partial charge in [-0.3, -0.25) is 4.79 Å². The van der Waals surface area contributed by atoms with Crippen LogP contribution in [-0.4, -0.2) is 29.9 Å². The number of hydrogen-bond donors (Lipinski definition) is 1. The maximum absolute atomic E-state index is 14.2. The van der Waals surface area contributed by atoms with Gasteiger partial charge < -0.3 is 10.6 Å². The monoisotopic (exact) mass is 362 g/mol. The van der Waals surface area contributed by atoms with E-state index in [1.54, 1.807) is 36.9 Å². The summed E-state index contributed by atoms with van der Waals surface area (Å²) in [6.07, 6.45) is 0. The molecule has 1 aliphatic rings. The van der Waals surface area contributed by atoms with Crippen molar-refractivity contribution < 1.29 is 9.18 Å². The first-order valence-electron chi connectivity index (χ1n) is 8.26. The summed E-state index contributed by atoms with van der Waals surface area (Å²) in [5, 5.41) is 0. The van der Waals surface area contributed by atoms with Crippen molar-refractivity contribution in [2.24, 2.45) is 5.73 Å². The number of amides is 1. The van der Waals surface area contributed by atoms with Crippen LogP contribution in [-0.2, 0) is 10.2 Å². The molecule has 0 aromatic heterocycles. The summed E-state index contributed by atoms with van der Waals surface area (Å²) in [4.78, 5) is 14.8. The molecule has 2 aromatic carbocycles. The first-order chi connectivity index (χ1) is 11.4. The summed E-state index contributed by atoms with van der Waals surface area (Å²) in [6, 6.07) is 16.4. The zero-order chi connectivity index (χ0) is 17.3. The van der Waals surface area contributed by atoms with Gasteiger partial charge in [0.05, 0.1) is 5.41 Å². The molecular formula is C20H24ClFN2O. The van der Waals surface area contributed by atoms with Crippen molar-refractivity contribution in [2.45, 2.75) is 31.2 Å². The summed E-state index contributed by atoms with van der Waals surface area (Å²) < 4.78 is 14.2. The molecule has 2 aromatic rings. The maximum atomic E-state index is 14.2.